The lowest BCUT2D eigenvalue weighted by molar-refractivity contribution is -0.137. The molecule has 1 N–H and O–H groups in total. The lowest BCUT2D eigenvalue weighted by Crippen LogP contribution is -2.49. The van der Waals surface area contributed by atoms with Crippen LogP contribution in [-0.2, 0) is 4.79 Å². The summed E-state index contributed by atoms with van der Waals surface area (Å²) < 4.78 is 0. The molecule has 0 spiro atoms. The van der Waals surface area contributed by atoms with Crippen LogP contribution in [0.1, 0.15) is 44.9 Å². The highest BCUT2D eigenvalue weighted by Gasteiger charge is 2.28. The van der Waals surface area contributed by atoms with Crippen molar-refractivity contribution in [1.82, 2.24) is 10.2 Å². The molecule has 1 heterocycles. The Labute approximate surface area is 111 Å². The molecule has 0 aromatic carbocycles. The van der Waals surface area contributed by atoms with Gasteiger partial charge in [-0.1, -0.05) is 19.3 Å². The van der Waals surface area contributed by atoms with E-state index in [-0.39, 0.29) is 12.4 Å². The minimum atomic E-state index is 0. The first-order valence-electron chi connectivity index (χ1n) is 6.77. The number of hydrogen-bond acceptors (Lipinski definition) is 2. The van der Waals surface area contributed by atoms with E-state index in [0.29, 0.717) is 17.9 Å². The van der Waals surface area contributed by atoms with Crippen LogP contribution in [0.2, 0.25) is 0 Å². The number of likely N-dealkylation sites (N-methyl/N-ethyl adjacent to an activating group) is 1. The van der Waals surface area contributed by atoms with Crippen molar-refractivity contribution in [3.8, 4) is 0 Å². The lowest BCUT2D eigenvalue weighted by Gasteiger charge is -2.35. The molecule has 1 saturated carbocycles. The number of piperidine rings is 1. The first-order chi connectivity index (χ1) is 7.81. The quantitative estimate of drug-likeness (QED) is 0.826. The third kappa shape index (κ3) is 3.85. The van der Waals surface area contributed by atoms with Crippen LogP contribution in [0.5, 0.6) is 0 Å². The Morgan fingerprint density at radius 2 is 1.82 bits per heavy atom. The monoisotopic (exact) mass is 260 g/mol. The van der Waals surface area contributed by atoms with Crippen LogP contribution in [0.15, 0.2) is 0 Å². The highest BCUT2D eigenvalue weighted by Crippen LogP contribution is 2.26. The molecule has 1 aliphatic heterocycles. The van der Waals surface area contributed by atoms with Gasteiger partial charge >= 0.3 is 0 Å². The molecule has 0 bridgehead atoms. The highest BCUT2D eigenvalue weighted by atomic mass is 35.5. The summed E-state index contributed by atoms with van der Waals surface area (Å²) in [5.41, 5.74) is 0. The topological polar surface area (TPSA) is 32.3 Å². The molecule has 1 saturated heterocycles. The zero-order valence-corrected chi connectivity index (χ0v) is 11.6. The fourth-order valence-corrected chi connectivity index (χ4v) is 3.02. The molecule has 2 rings (SSSR count). The maximum Gasteiger partial charge on any atom is 0.225 e. The average molecular weight is 261 g/mol. The van der Waals surface area contributed by atoms with Crippen LogP contribution in [0.4, 0.5) is 0 Å². The number of rotatable bonds is 2. The Kier molecular flexibility index (Phi) is 6.28. The molecule has 0 aromatic heterocycles. The molecule has 1 atom stereocenters. The lowest BCUT2D eigenvalue weighted by atomic mass is 9.87. The van der Waals surface area contributed by atoms with Gasteiger partial charge in [-0.15, -0.1) is 12.4 Å². The number of likely N-dealkylation sites (tertiary alicyclic amines) is 1. The summed E-state index contributed by atoms with van der Waals surface area (Å²) in [6.07, 6.45) is 8.44. The molecule has 0 unspecified atom stereocenters. The Balaban J connectivity index is 0.00000144. The molecule has 3 nitrogen and oxygen atoms in total. The Morgan fingerprint density at radius 1 is 1.12 bits per heavy atom. The second-order valence-electron chi connectivity index (χ2n) is 5.25. The van der Waals surface area contributed by atoms with Gasteiger partial charge in [-0.05, 0) is 32.7 Å². The van der Waals surface area contributed by atoms with Crippen LogP contribution in [0, 0.1) is 5.92 Å². The molecule has 0 radical (unpaired) electrons. The van der Waals surface area contributed by atoms with Gasteiger partial charge in [-0.3, -0.25) is 4.79 Å². The number of hydrogen-bond donors (Lipinski definition) is 1. The molecule has 0 aromatic rings. The Hall–Kier alpha value is -0.280. The van der Waals surface area contributed by atoms with Gasteiger partial charge in [0.25, 0.3) is 0 Å². The largest absolute Gasteiger partial charge is 0.341 e. The van der Waals surface area contributed by atoms with E-state index < -0.39 is 0 Å². The number of halogens is 1. The summed E-state index contributed by atoms with van der Waals surface area (Å²) in [6, 6.07) is 0.515. The van der Waals surface area contributed by atoms with Crippen LogP contribution < -0.4 is 5.32 Å². The predicted molar refractivity (Wildman–Crippen MR) is 72.5 cm³/mol. The van der Waals surface area contributed by atoms with Crippen molar-refractivity contribution in [2.24, 2.45) is 5.92 Å². The standard InChI is InChI=1S/C13H24N2O.ClH/c1-14-12-8-5-9-15(10-12)13(16)11-6-3-2-4-7-11;/h11-12,14H,2-10H2,1H3;1H/t12-;/m1./s1. The van der Waals surface area contributed by atoms with Gasteiger partial charge in [0.05, 0.1) is 0 Å². The van der Waals surface area contributed by atoms with Crippen molar-refractivity contribution in [1.29, 1.82) is 0 Å². The first kappa shape index (κ1) is 14.8. The van der Waals surface area contributed by atoms with E-state index in [1.54, 1.807) is 0 Å². The summed E-state index contributed by atoms with van der Waals surface area (Å²) in [4.78, 5) is 14.4. The van der Waals surface area contributed by atoms with Gasteiger partial charge in [0.2, 0.25) is 5.91 Å². The van der Waals surface area contributed by atoms with E-state index in [4.69, 9.17) is 0 Å². The maximum absolute atomic E-state index is 12.3. The van der Waals surface area contributed by atoms with E-state index in [2.05, 4.69) is 10.2 Å². The minimum absolute atomic E-state index is 0. The Morgan fingerprint density at radius 3 is 2.47 bits per heavy atom. The van der Waals surface area contributed by atoms with Crippen molar-refractivity contribution in [2.75, 3.05) is 20.1 Å². The highest BCUT2D eigenvalue weighted by molar-refractivity contribution is 5.85. The fraction of sp³-hybridized carbons (Fsp3) is 0.923. The normalized spacial score (nSPS) is 26.4. The van der Waals surface area contributed by atoms with Gasteiger partial charge in [0.1, 0.15) is 0 Å². The van der Waals surface area contributed by atoms with E-state index >= 15 is 0 Å². The summed E-state index contributed by atoms with van der Waals surface area (Å²) >= 11 is 0. The second-order valence-corrected chi connectivity index (χ2v) is 5.25. The van der Waals surface area contributed by atoms with Gasteiger partial charge in [-0.25, -0.2) is 0 Å². The van der Waals surface area contributed by atoms with E-state index in [0.717, 1.165) is 32.4 Å². The average Bonchev–Trinajstić information content (AvgIpc) is 2.39. The van der Waals surface area contributed by atoms with E-state index in [9.17, 15) is 4.79 Å². The van der Waals surface area contributed by atoms with Gasteiger partial charge in [-0.2, -0.15) is 0 Å². The van der Waals surface area contributed by atoms with Gasteiger partial charge < -0.3 is 10.2 Å². The molecule has 2 aliphatic rings. The van der Waals surface area contributed by atoms with Crippen LogP contribution in [0.3, 0.4) is 0 Å². The third-order valence-corrected chi connectivity index (χ3v) is 4.10. The summed E-state index contributed by atoms with van der Waals surface area (Å²) in [7, 11) is 2.00. The van der Waals surface area contributed by atoms with E-state index in [1.165, 1.54) is 25.7 Å². The van der Waals surface area contributed by atoms with E-state index in [1.807, 2.05) is 7.05 Å². The second kappa shape index (κ2) is 7.22. The zero-order valence-electron chi connectivity index (χ0n) is 10.8. The fourth-order valence-electron chi connectivity index (χ4n) is 3.02. The summed E-state index contributed by atoms with van der Waals surface area (Å²) in [5.74, 6) is 0.768. The van der Waals surface area contributed by atoms with Crippen molar-refractivity contribution in [3.05, 3.63) is 0 Å². The molecule has 17 heavy (non-hydrogen) atoms. The zero-order chi connectivity index (χ0) is 11.4. The smallest absolute Gasteiger partial charge is 0.225 e. The molecule has 100 valence electrons. The van der Waals surface area contributed by atoms with Crippen molar-refractivity contribution >= 4 is 18.3 Å². The van der Waals surface area contributed by atoms with Gasteiger partial charge in [0, 0.05) is 25.0 Å². The maximum atomic E-state index is 12.3. The van der Waals surface area contributed by atoms with Crippen LogP contribution >= 0.6 is 12.4 Å². The van der Waals surface area contributed by atoms with Crippen molar-refractivity contribution < 1.29 is 4.79 Å². The molecule has 4 heteroatoms. The number of carbonyl (C=O) groups is 1. The van der Waals surface area contributed by atoms with Crippen molar-refractivity contribution in [3.63, 3.8) is 0 Å². The predicted octanol–water partition coefficient (Wildman–Crippen LogP) is 2.20. The first-order valence-corrected chi connectivity index (χ1v) is 6.77. The molecular formula is C13H25ClN2O. The summed E-state index contributed by atoms with van der Waals surface area (Å²) in [6.45, 7) is 1.90. The summed E-state index contributed by atoms with van der Waals surface area (Å²) in [5, 5.41) is 3.30. The van der Waals surface area contributed by atoms with Gasteiger partial charge in [0.15, 0.2) is 0 Å². The SMILES string of the molecule is CN[C@@H]1CCCN(C(=O)C2CCCCC2)C1.Cl. The minimum Gasteiger partial charge on any atom is -0.341 e. The number of nitrogens with one attached hydrogen (secondary N) is 1. The van der Waals surface area contributed by atoms with Crippen LogP contribution in [0.25, 0.3) is 0 Å². The number of nitrogens with zero attached hydrogens (tertiary/aromatic N) is 1. The molecular weight excluding hydrogens is 236 g/mol. The molecule has 1 amide bonds. The molecule has 1 aliphatic carbocycles. The van der Waals surface area contributed by atoms with Crippen molar-refractivity contribution in [2.45, 2.75) is 51.0 Å². The number of amides is 1. The van der Waals surface area contributed by atoms with Crippen LogP contribution in [-0.4, -0.2) is 37.0 Å². The Bertz CT molecular complexity index is 242. The molecule has 2 fully saturated rings. The number of carbonyl (C=O) groups excluding carboxylic acids is 1. The third-order valence-electron chi connectivity index (χ3n) is 4.10.